The molecule has 5 nitrogen and oxygen atoms in total. The van der Waals surface area contributed by atoms with Crippen LogP contribution < -0.4 is 0 Å². The van der Waals surface area contributed by atoms with E-state index in [2.05, 4.69) is 4.90 Å². The molecule has 3 rings (SSSR count). The number of benzene rings is 1. The van der Waals surface area contributed by atoms with Crippen LogP contribution >= 0.6 is 0 Å². The number of carbonyl (C=O) groups is 2. The molecular weight excluding hydrogens is 294 g/mol. The molecule has 0 aliphatic carbocycles. The minimum atomic E-state index is -0.773. The Balaban J connectivity index is 1.71. The maximum absolute atomic E-state index is 12.5. The molecule has 2 aliphatic heterocycles. The van der Waals surface area contributed by atoms with Gasteiger partial charge in [-0.3, -0.25) is 9.69 Å². The molecule has 2 heterocycles. The molecule has 0 unspecified atom stereocenters. The Morgan fingerprint density at radius 1 is 1.22 bits per heavy atom. The molecule has 1 aromatic rings. The monoisotopic (exact) mass is 317 g/mol. The van der Waals surface area contributed by atoms with E-state index in [4.69, 9.17) is 9.84 Å². The molecule has 0 aromatic heterocycles. The number of esters is 1. The highest BCUT2D eigenvalue weighted by Gasteiger charge is 2.51. The summed E-state index contributed by atoms with van der Waals surface area (Å²) in [6.45, 7) is 0.680. The summed E-state index contributed by atoms with van der Waals surface area (Å²) >= 11 is 0. The summed E-state index contributed by atoms with van der Waals surface area (Å²) in [5, 5.41) is 8.84. The Kier molecular flexibility index (Phi) is 4.66. The van der Waals surface area contributed by atoms with Crippen LogP contribution in [0.3, 0.4) is 0 Å². The van der Waals surface area contributed by atoms with E-state index in [1.807, 2.05) is 18.2 Å². The van der Waals surface area contributed by atoms with Gasteiger partial charge in [0.2, 0.25) is 0 Å². The fourth-order valence-electron chi connectivity index (χ4n) is 3.96. The molecule has 0 saturated carbocycles. The minimum absolute atomic E-state index is 0.159. The number of carboxylic acids is 1. The second kappa shape index (κ2) is 6.71. The molecule has 23 heavy (non-hydrogen) atoms. The number of aliphatic carboxylic acids is 1. The van der Waals surface area contributed by atoms with Gasteiger partial charge in [-0.15, -0.1) is 0 Å². The minimum Gasteiger partial charge on any atom is -0.481 e. The predicted molar refractivity (Wildman–Crippen MR) is 85.0 cm³/mol. The van der Waals surface area contributed by atoms with E-state index in [0.717, 1.165) is 32.1 Å². The van der Waals surface area contributed by atoms with E-state index in [1.165, 1.54) is 0 Å². The lowest BCUT2D eigenvalue weighted by Gasteiger charge is -2.44. The summed E-state index contributed by atoms with van der Waals surface area (Å²) in [6.07, 6.45) is 5.63. The number of carbonyl (C=O) groups excluding carboxylic acids is 1. The molecule has 124 valence electrons. The van der Waals surface area contributed by atoms with Crippen molar-refractivity contribution in [3.05, 3.63) is 35.9 Å². The number of hydrogen-bond acceptors (Lipinski definition) is 4. The average Bonchev–Trinajstić information content (AvgIpc) is 2.74. The Bertz CT molecular complexity index is 570. The molecule has 1 aromatic carbocycles. The quantitative estimate of drug-likeness (QED) is 0.817. The third-order valence-electron chi connectivity index (χ3n) is 5.02. The summed E-state index contributed by atoms with van der Waals surface area (Å²) in [7, 11) is 0. The van der Waals surface area contributed by atoms with Crippen molar-refractivity contribution in [3.63, 3.8) is 0 Å². The number of nitrogens with zero attached hydrogens (tertiary/aromatic N) is 1. The number of ether oxygens (including phenoxy) is 1. The predicted octanol–water partition coefficient (Wildman–Crippen LogP) is 3.05. The average molecular weight is 317 g/mol. The molecule has 2 saturated heterocycles. The van der Waals surface area contributed by atoms with E-state index in [-0.39, 0.29) is 12.4 Å². The maximum Gasteiger partial charge on any atom is 0.339 e. The first-order chi connectivity index (χ1) is 11.1. The SMILES string of the molecule is O=C(O)CCCN1[C@@H]2CCC[C@@]1(OC(=O)c1ccccc1)CC2. The standard InChI is InChI=1S/C18H23NO4/c20-16(21)9-5-13-19-15-8-4-11-18(19,12-10-15)23-17(22)14-6-2-1-3-7-14/h1-3,6-7,15H,4-5,8-13H2,(H,20,21)/t15-,18-/m1/s1. The third-order valence-corrected chi connectivity index (χ3v) is 5.02. The summed E-state index contributed by atoms with van der Waals surface area (Å²) < 4.78 is 5.97. The molecule has 1 N–H and O–H groups in total. The van der Waals surface area contributed by atoms with Crippen LogP contribution in [0.2, 0.25) is 0 Å². The lowest BCUT2D eigenvalue weighted by molar-refractivity contribution is -0.140. The molecule has 5 heteroatoms. The number of hydrogen-bond donors (Lipinski definition) is 1. The van der Waals surface area contributed by atoms with Crippen molar-refractivity contribution in [2.75, 3.05) is 6.54 Å². The van der Waals surface area contributed by atoms with E-state index >= 15 is 0 Å². The van der Waals surface area contributed by atoms with Crippen LogP contribution in [0.1, 0.15) is 55.3 Å². The van der Waals surface area contributed by atoms with Gasteiger partial charge in [0, 0.05) is 31.8 Å². The molecule has 2 atom stereocenters. The summed E-state index contributed by atoms with van der Waals surface area (Å²) in [5.41, 5.74) is 0.0373. The van der Waals surface area contributed by atoms with Gasteiger partial charge in [0.15, 0.2) is 5.72 Å². The van der Waals surface area contributed by atoms with Gasteiger partial charge in [0.25, 0.3) is 0 Å². The van der Waals surface area contributed by atoms with E-state index in [9.17, 15) is 9.59 Å². The molecule has 2 aliphatic rings. The zero-order valence-corrected chi connectivity index (χ0v) is 13.2. The molecule has 0 radical (unpaired) electrons. The van der Waals surface area contributed by atoms with Gasteiger partial charge < -0.3 is 9.84 Å². The topological polar surface area (TPSA) is 66.8 Å². The third kappa shape index (κ3) is 3.39. The van der Waals surface area contributed by atoms with E-state index < -0.39 is 11.7 Å². The fraction of sp³-hybridized carbons (Fsp3) is 0.556. The first-order valence-electron chi connectivity index (χ1n) is 8.38. The number of rotatable bonds is 6. The van der Waals surface area contributed by atoms with Crippen LogP contribution in [-0.4, -0.2) is 40.3 Å². The van der Waals surface area contributed by atoms with Gasteiger partial charge in [0.05, 0.1) is 5.56 Å². The van der Waals surface area contributed by atoms with Crippen LogP contribution in [-0.2, 0) is 9.53 Å². The fourth-order valence-corrected chi connectivity index (χ4v) is 3.96. The summed E-state index contributed by atoms with van der Waals surface area (Å²) in [6, 6.07) is 9.49. The largest absolute Gasteiger partial charge is 0.481 e. The molecule has 2 fully saturated rings. The van der Waals surface area contributed by atoms with Crippen LogP contribution in [0, 0.1) is 0 Å². The summed E-state index contributed by atoms with van der Waals surface area (Å²) in [4.78, 5) is 25.5. The zero-order chi connectivity index (χ0) is 16.3. The van der Waals surface area contributed by atoms with Crippen molar-refractivity contribution in [1.29, 1.82) is 0 Å². The van der Waals surface area contributed by atoms with Crippen molar-refractivity contribution >= 4 is 11.9 Å². The van der Waals surface area contributed by atoms with Crippen molar-refractivity contribution in [2.45, 2.75) is 56.7 Å². The highest BCUT2D eigenvalue weighted by molar-refractivity contribution is 5.89. The molecule has 2 bridgehead atoms. The van der Waals surface area contributed by atoms with Gasteiger partial charge >= 0.3 is 11.9 Å². The summed E-state index contributed by atoms with van der Waals surface area (Å²) in [5.74, 6) is -1.05. The Labute approximate surface area is 136 Å². The highest BCUT2D eigenvalue weighted by Crippen LogP contribution is 2.45. The van der Waals surface area contributed by atoms with Gasteiger partial charge in [0.1, 0.15) is 0 Å². The first-order valence-corrected chi connectivity index (χ1v) is 8.38. The van der Waals surface area contributed by atoms with Gasteiger partial charge in [-0.2, -0.15) is 0 Å². The Morgan fingerprint density at radius 2 is 2.00 bits per heavy atom. The van der Waals surface area contributed by atoms with Crippen LogP contribution in [0.4, 0.5) is 0 Å². The second-order valence-corrected chi connectivity index (χ2v) is 6.48. The lowest BCUT2D eigenvalue weighted by atomic mass is 9.99. The normalized spacial score (nSPS) is 26.9. The van der Waals surface area contributed by atoms with Gasteiger partial charge in [-0.1, -0.05) is 18.2 Å². The number of piperidine rings is 1. The van der Waals surface area contributed by atoms with Crippen molar-refractivity contribution in [2.24, 2.45) is 0 Å². The Hall–Kier alpha value is -1.88. The van der Waals surface area contributed by atoms with Gasteiger partial charge in [-0.25, -0.2) is 4.79 Å². The molecular formula is C18H23NO4. The molecule has 0 amide bonds. The van der Waals surface area contributed by atoms with Crippen molar-refractivity contribution in [1.82, 2.24) is 4.90 Å². The maximum atomic E-state index is 12.5. The number of fused-ring (bicyclic) bond motifs is 2. The van der Waals surface area contributed by atoms with Crippen LogP contribution in [0.5, 0.6) is 0 Å². The van der Waals surface area contributed by atoms with E-state index in [1.54, 1.807) is 12.1 Å². The van der Waals surface area contributed by atoms with Crippen LogP contribution in [0.25, 0.3) is 0 Å². The number of carboxylic acid groups (broad SMARTS) is 1. The smallest absolute Gasteiger partial charge is 0.339 e. The Morgan fingerprint density at radius 3 is 2.74 bits per heavy atom. The lowest BCUT2D eigenvalue weighted by Crippen LogP contribution is -2.53. The van der Waals surface area contributed by atoms with Crippen molar-refractivity contribution in [3.8, 4) is 0 Å². The van der Waals surface area contributed by atoms with Gasteiger partial charge in [-0.05, 0) is 37.8 Å². The van der Waals surface area contributed by atoms with Crippen molar-refractivity contribution < 1.29 is 19.4 Å². The first kappa shape index (κ1) is 16.0. The highest BCUT2D eigenvalue weighted by atomic mass is 16.6. The molecule has 0 spiro atoms. The second-order valence-electron chi connectivity index (χ2n) is 6.48. The zero-order valence-electron chi connectivity index (χ0n) is 13.2. The van der Waals surface area contributed by atoms with Crippen LogP contribution in [0.15, 0.2) is 30.3 Å². The van der Waals surface area contributed by atoms with E-state index in [0.29, 0.717) is 24.6 Å².